The summed E-state index contributed by atoms with van der Waals surface area (Å²) in [6.07, 6.45) is 1.98. The van der Waals surface area contributed by atoms with Crippen LogP contribution < -0.4 is 5.69 Å². The van der Waals surface area contributed by atoms with Crippen molar-refractivity contribution >= 4 is 11.8 Å². The molecule has 0 aliphatic rings. The molecule has 2 aromatic rings. The van der Waals surface area contributed by atoms with Gasteiger partial charge in [-0.05, 0) is 6.42 Å². The number of rotatable bonds is 7. The number of thioether (sulfide) groups is 1. The molecular weight excluding hydrogens is 278 g/mol. The van der Waals surface area contributed by atoms with Crippen LogP contribution in [0.2, 0.25) is 0 Å². The fourth-order valence-electron chi connectivity index (χ4n) is 1.61. The van der Waals surface area contributed by atoms with E-state index < -0.39 is 0 Å². The van der Waals surface area contributed by atoms with E-state index in [2.05, 4.69) is 27.3 Å². The van der Waals surface area contributed by atoms with Gasteiger partial charge in [0, 0.05) is 12.5 Å². The van der Waals surface area contributed by atoms with Crippen LogP contribution in [0.4, 0.5) is 0 Å². The molecule has 0 radical (unpaired) electrons. The van der Waals surface area contributed by atoms with Gasteiger partial charge in [-0.1, -0.05) is 44.1 Å². The highest BCUT2D eigenvalue weighted by Gasteiger charge is 2.13. The molecule has 1 N–H and O–H groups in total. The minimum Gasteiger partial charge on any atom is -0.338 e. The number of H-pyrrole nitrogens is 1. The van der Waals surface area contributed by atoms with Crippen LogP contribution in [0.5, 0.6) is 0 Å². The lowest BCUT2D eigenvalue weighted by Gasteiger charge is -2.02. The Hall–Kier alpha value is -1.57. The average molecular weight is 297 g/mol. The van der Waals surface area contributed by atoms with Gasteiger partial charge >= 0.3 is 5.69 Å². The molecule has 0 fully saturated rings. The molecule has 8 heteroatoms. The summed E-state index contributed by atoms with van der Waals surface area (Å²) >= 11 is 1.42. The quantitative estimate of drug-likeness (QED) is 0.788. The summed E-state index contributed by atoms with van der Waals surface area (Å²) in [6.45, 7) is 6.79. The van der Waals surface area contributed by atoms with Gasteiger partial charge in [-0.2, -0.15) is 4.98 Å². The second-order valence-corrected chi connectivity index (χ2v) is 5.75. The SMILES string of the molecule is CCCCn1c(SCc2nc(C(C)C)no2)n[nH]c1=O. The van der Waals surface area contributed by atoms with E-state index in [4.69, 9.17) is 4.52 Å². The fraction of sp³-hybridized carbons (Fsp3) is 0.667. The molecule has 0 saturated heterocycles. The van der Waals surface area contributed by atoms with Gasteiger partial charge in [-0.15, -0.1) is 5.10 Å². The van der Waals surface area contributed by atoms with Crippen LogP contribution in [0.25, 0.3) is 0 Å². The minimum atomic E-state index is -0.172. The first-order valence-corrected chi connectivity index (χ1v) is 7.70. The minimum absolute atomic E-state index is 0.172. The largest absolute Gasteiger partial charge is 0.343 e. The molecule has 0 unspecified atom stereocenters. The molecule has 2 rings (SSSR count). The molecule has 0 spiro atoms. The molecule has 110 valence electrons. The molecule has 0 aromatic carbocycles. The summed E-state index contributed by atoms with van der Waals surface area (Å²) < 4.78 is 6.81. The second-order valence-electron chi connectivity index (χ2n) is 4.81. The van der Waals surface area contributed by atoms with Gasteiger partial charge in [-0.25, -0.2) is 9.89 Å². The third-order valence-electron chi connectivity index (χ3n) is 2.78. The first kappa shape index (κ1) is 14.8. The van der Waals surface area contributed by atoms with Gasteiger partial charge in [0.2, 0.25) is 5.89 Å². The number of aromatic amines is 1. The molecule has 0 atom stereocenters. The van der Waals surface area contributed by atoms with E-state index in [1.807, 2.05) is 13.8 Å². The van der Waals surface area contributed by atoms with E-state index in [0.29, 0.717) is 29.2 Å². The molecule has 7 nitrogen and oxygen atoms in total. The van der Waals surface area contributed by atoms with Crippen LogP contribution in [0.3, 0.4) is 0 Å². The molecule has 0 amide bonds. The van der Waals surface area contributed by atoms with Crippen molar-refractivity contribution in [3.8, 4) is 0 Å². The van der Waals surface area contributed by atoms with E-state index in [1.165, 1.54) is 11.8 Å². The monoisotopic (exact) mass is 297 g/mol. The van der Waals surface area contributed by atoms with Crippen LogP contribution in [-0.4, -0.2) is 24.9 Å². The number of unbranched alkanes of at least 4 members (excludes halogenated alkanes) is 1. The van der Waals surface area contributed by atoms with E-state index in [1.54, 1.807) is 4.57 Å². The maximum atomic E-state index is 11.6. The van der Waals surface area contributed by atoms with E-state index in [0.717, 1.165) is 12.8 Å². The van der Waals surface area contributed by atoms with Crippen molar-refractivity contribution in [2.75, 3.05) is 0 Å². The van der Waals surface area contributed by atoms with E-state index in [-0.39, 0.29) is 11.6 Å². The molecule has 2 aromatic heterocycles. The van der Waals surface area contributed by atoms with Crippen molar-refractivity contribution in [2.24, 2.45) is 0 Å². The summed E-state index contributed by atoms with van der Waals surface area (Å²) in [6, 6.07) is 0. The average Bonchev–Trinajstić information content (AvgIpc) is 3.01. The van der Waals surface area contributed by atoms with Gasteiger partial charge in [0.05, 0.1) is 5.75 Å². The zero-order chi connectivity index (χ0) is 14.5. The van der Waals surface area contributed by atoms with Gasteiger partial charge in [0.15, 0.2) is 11.0 Å². The fourth-order valence-corrected chi connectivity index (χ4v) is 2.42. The smallest absolute Gasteiger partial charge is 0.338 e. The molecule has 2 heterocycles. The maximum absolute atomic E-state index is 11.6. The maximum Gasteiger partial charge on any atom is 0.343 e. The molecule has 0 aliphatic carbocycles. The number of aromatic nitrogens is 5. The zero-order valence-electron chi connectivity index (χ0n) is 11.9. The Labute approximate surface area is 121 Å². The highest BCUT2D eigenvalue weighted by atomic mass is 32.2. The predicted molar refractivity (Wildman–Crippen MR) is 75.7 cm³/mol. The predicted octanol–water partition coefficient (Wildman–Crippen LogP) is 2.17. The standard InChI is InChI=1S/C12H19N5O2S/c1-4-5-6-17-11(18)14-15-12(17)20-7-9-13-10(8(2)3)16-19-9/h8H,4-7H2,1-3H3,(H,14,18). The third kappa shape index (κ3) is 3.50. The van der Waals surface area contributed by atoms with Crippen LogP contribution in [0, 0.1) is 0 Å². The Bertz CT molecular complexity index is 601. The molecule has 0 saturated carbocycles. The Balaban J connectivity index is 2.01. The van der Waals surface area contributed by atoms with Gasteiger partial charge in [0.1, 0.15) is 0 Å². The summed E-state index contributed by atoms with van der Waals surface area (Å²) in [5.41, 5.74) is -0.172. The van der Waals surface area contributed by atoms with Gasteiger partial charge < -0.3 is 4.52 Å². The highest BCUT2D eigenvalue weighted by Crippen LogP contribution is 2.20. The Morgan fingerprint density at radius 1 is 1.45 bits per heavy atom. The summed E-state index contributed by atoms with van der Waals surface area (Å²) in [5, 5.41) is 11.1. The lowest BCUT2D eigenvalue weighted by molar-refractivity contribution is 0.382. The Morgan fingerprint density at radius 3 is 2.90 bits per heavy atom. The lowest BCUT2D eigenvalue weighted by Crippen LogP contribution is -2.17. The summed E-state index contributed by atoms with van der Waals surface area (Å²) in [5.74, 6) is 2.00. The normalized spacial score (nSPS) is 11.4. The van der Waals surface area contributed by atoms with E-state index in [9.17, 15) is 4.79 Å². The van der Waals surface area contributed by atoms with Gasteiger partial charge in [0.25, 0.3) is 0 Å². The van der Waals surface area contributed by atoms with Crippen molar-refractivity contribution in [1.29, 1.82) is 0 Å². The Morgan fingerprint density at radius 2 is 2.25 bits per heavy atom. The van der Waals surface area contributed by atoms with Crippen molar-refractivity contribution in [1.82, 2.24) is 24.9 Å². The van der Waals surface area contributed by atoms with Crippen LogP contribution in [0.1, 0.15) is 51.2 Å². The van der Waals surface area contributed by atoms with Crippen LogP contribution in [0.15, 0.2) is 14.5 Å². The lowest BCUT2D eigenvalue weighted by atomic mass is 10.2. The van der Waals surface area contributed by atoms with Crippen LogP contribution >= 0.6 is 11.8 Å². The first-order valence-electron chi connectivity index (χ1n) is 6.72. The second kappa shape index (κ2) is 6.74. The summed E-state index contributed by atoms with van der Waals surface area (Å²) in [4.78, 5) is 15.9. The zero-order valence-corrected chi connectivity index (χ0v) is 12.7. The van der Waals surface area contributed by atoms with Crippen LogP contribution in [-0.2, 0) is 12.3 Å². The first-order chi connectivity index (χ1) is 9.61. The number of nitrogens with zero attached hydrogens (tertiary/aromatic N) is 4. The van der Waals surface area contributed by atoms with Gasteiger partial charge in [-0.3, -0.25) is 4.57 Å². The number of hydrogen-bond donors (Lipinski definition) is 1. The third-order valence-corrected chi connectivity index (χ3v) is 3.74. The molecule has 20 heavy (non-hydrogen) atoms. The van der Waals surface area contributed by atoms with Crippen molar-refractivity contribution in [3.63, 3.8) is 0 Å². The van der Waals surface area contributed by atoms with Crippen molar-refractivity contribution in [2.45, 2.75) is 57.0 Å². The number of hydrogen-bond acceptors (Lipinski definition) is 6. The molecule has 0 aliphatic heterocycles. The summed E-state index contributed by atoms with van der Waals surface area (Å²) in [7, 11) is 0. The highest BCUT2D eigenvalue weighted by molar-refractivity contribution is 7.98. The van der Waals surface area contributed by atoms with E-state index >= 15 is 0 Å². The number of nitrogens with one attached hydrogen (secondary N) is 1. The topological polar surface area (TPSA) is 89.6 Å². The van der Waals surface area contributed by atoms with Crippen molar-refractivity contribution < 1.29 is 4.52 Å². The van der Waals surface area contributed by atoms with Crippen molar-refractivity contribution in [3.05, 3.63) is 22.2 Å². The Kier molecular flexibility index (Phi) is 4.99. The molecule has 0 bridgehead atoms. The molecular formula is C12H19N5O2S.